The number of aromatic nitrogens is 1. The topological polar surface area (TPSA) is 63.2 Å². The number of nitrogens with one attached hydrogen (secondary N) is 2. The van der Waals surface area contributed by atoms with E-state index in [0.29, 0.717) is 30.6 Å². The number of pyridine rings is 1. The molecular formula is C21H17ClF3N3O2. The molecule has 5 nitrogen and oxygen atoms in total. The lowest BCUT2D eigenvalue weighted by Gasteiger charge is -2.19. The Morgan fingerprint density at radius 3 is 2.60 bits per heavy atom. The lowest BCUT2D eigenvalue weighted by molar-refractivity contribution is 0.0780. The van der Waals surface area contributed by atoms with Gasteiger partial charge in [-0.1, -0.05) is 17.7 Å². The summed E-state index contributed by atoms with van der Waals surface area (Å²) in [7, 11) is 1.57. The van der Waals surface area contributed by atoms with Crippen LogP contribution in [-0.2, 0) is 4.74 Å². The quantitative estimate of drug-likeness (QED) is 0.656. The summed E-state index contributed by atoms with van der Waals surface area (Å²) in [6.45, 7) is 1.18. The highest BCUT2D eigenvalue weighted by Gasteiger charge is 2.28. The normalized spacial score (nSPS) is 18.7. The summed E-state index contributed by atoms with van der Waals surface area (Å²) in [5.74, 6) is -3.61. The summed E-state index contributed by atoms with van der Waals surface area (Å²) >= 11 is 6.19. The molecule has 0 unspecified atom stereocenters. The predicted octanol–water partition coefficient (Wildman–Crippen LogP) is 3.69. The third kappa shape index (κ3) is 3.74. The van der Waals surface area contributed by atoms with E-state index in [2.05, 4.69) is 15.6 Å². The highest BCUT2D eigenvalue weighted by molar-refractivity contribution is 6.35. The molecule has 1 aliphatic heterocycles. The van der Waals surface area contributed by atoms with Crippen molar-refractivity contribution in [1.82, 2.24) is 15.6 Å². The Kier molecular flexibility index (Phi) is 5.64. The SMILES string of the molecule is CO[C@H]1CNC[C@@H]1NC(=O)c1ccc2c(Cl)cnc(-c3c(F)cc(F)cc3F)c2c1. The van der Waals surface area contributed by atoms with Gasteiger partial charge in [-0.25, -0.2) is 13.2 Å². The van der Waals surface area contributed by atoms with Gasteiger partial charge < -0.3 is 15.4 Å². The summed E-state index contributed by atoms with van der Waals surface area (Å²) in [6, 6.07) is 5.55. The molecule has 3 aromatic rings. The molecule has 1 aromatic heterocycles. The van der Waals surface area contributed by atoms with Crippen LogP contribution in [0.4, 0.5) is 13.2 Å². The van der Waals surface area contributed by atoms with Crippen molar-refractivity contribution in [3.8, 4) is 11.3 Å². The molecule has 2 aromatic carbocycles. The summed E-state index contributed by atoms with van der Waals surface area (Å²) in [5, 5.41) is 7.00. The van der Waals surface area contributed by atoms with E-state index in [-0.39, 0.29) is 39.7 Å². The number of halogens is 4. The zero-order valence-electron chi connectivity index (χ0n) is 15.8. The first kappa shape index (κ1) is 20.6. The first-order valence-electron chi connectivity index (χ1n) is 9.16. The van der Waals surface area contributed by atoms with Gasteiger partial charge in [0.2, 0.25) is 0 Å². The van der Waals surface area contributed by atoms with Crippen LogP contribution in [0.25, 0.3) is 22.0 Å². The van der Waals surface area contributed by atoms with Crippen LogP contribution >= 0.6 is 11.6 Å². The second kappa shape index (κ2) is 8.22. The van der Waals surface area contributed by atoms with E-state index in [1.54, 1.807) is 19.2 Å². The molecule has 2 N–H and O–H groups in total. The smallest absolute Gasteiger partial charge is 0.251 e. The minimum atomic E-state index is -1.10. The monoisotopic (exact) mass is 435 g/mol. The van der Waals surface area contributed by atoms with Crippen LogP contribution in [0.15, 0.2) is 36.5 Å². The van der Waals surface area contributed by atoms with Crippen LogP contribution in [-0.4, -0.2) is 43.2 Å². The van der Waals surface area contributed by atoms with E-state index in [9.17, 15) is 18.0 Å². The fourth-order valence-corrected chi connectivity index (χ4v) is 3.83. The van der Waals surface area contributed by atoms with E-state index >= 15 is 0 Å². The van der Waals surface area contributed by atoms with Crippen LogP contribution in [0.3, 0.4) is 0 Å². The van der Waals surface area contributed by atoms with Gasteiger partial charge in [-0.2, -0.15) is 0 Å². The number of amides is 1. The number of fused-ring (bicyclic) bond motifs is 1. The van der Waals surface area contributed by atoms with Gasteiger partial charge in [0.05, 0.1) is 28.4 Å². The minimum Gasteiger partial charge on any atom is -0.378 e. The van der Waals surface area contributed by atoms with Crippen molar-refractivity contribution in [2.75, 3.05) is 20.2 Å². The Labute approximate surface area is 175 Å². The number of methoxy groups -OCH3 is 1. The first-order valence-corrected chi connectivity index (χ1v) is 9.54. The van der Waals surface area contributed by atoms with Crippen LogP contribution in [0.5, 0.6) is 0 Å². The number of ether oxygens (including phenoxy) is 1. The molecule has 0 aliphatic carbocycles. The molecule has 2 atom stereocenters. The summed E-state index contributed by atoms with van der Waals surface area (Å²) in [4.78, 5) is 16.8. The van der Waals surface area contributed by atoms with Crippen molar-refractivity contribution in [3.63, 3.8) is 0 Å². The molecule has 1 aliphatic rings. The van der Waals surface area contributed by atoms with Crippen molar-refractivity contribution < 1.29 is 22.7 Å². The molecule has 1 fully saturated rings. The summed E-state index contributed by atoms with van der Waals surface area (Å²) < 4.78 is 47.4. The molecule has 0 saturated carbocycles. The fourth-order valence-electron chi connectivity index (χ4n) is 3.62. The van der Waals surface area contributed by atoms with Crippen molar-refractivity contribution in [2.24, 2.45) is 0 Å². The molecule has 30 heavy (non-hydrogen) atoms. The molecule has 0 spiro atoms. The van der Waals surface area contributed by atoms with Gasteiger partial charge >= 0.3 is 0 Å². The Morgan fingerprint density at radius 2 is 1.90 bits per heavy atom. The number of rotatable bonds is 4. The number of carbonyl (C=O) groups excluding carboxylic acids is 1. The number of carbonyl (C=O) groups is 1. The summed E-state index contributed by atoms with van der Waals surface area (Å²) in [6.07, 6.45) is 1.10. The Morgan fingerprint density at radius 1 is 1.17 bits per heavy atom. The first-order chi connectivity index (χ1) is 14.4. The third-order valence-corrected chi connectivity index (χ3v) is 5.42. The van der Waals surface area contributed by atoms with Crippen molar-refractivity contribution in [2.45, 2.75) is 12.1 Å². The molecule has 0 radical (unpaired) electrons. The third-order valence-electron chi connectivity index (χ3n) is 5.12. The van der Waals surface area contributed by atoms with Gasteiger partial charge in [-0.15, -0.1) is 0 Å². The van der Waals surface area contributed by atoms with Crippen molar-refractivity contribution >= 4 is 28.3 Å². The van der Waals surface area contributed by atoms with E-state index in [1.165, 1.54) is 12.3 Å². The molecule has 9 heteroatoms. The fraction of sp³-hybridized carbons (Fsp3) is 0.238. The average Bonchev–Trinajstić information content (AvgIpc) is 3.15. The number of hydrogen-bond donors (Lipinski definition) is 2. The molecule has 1 saturated heterocycles. The molecule has 156 valence electrons. The summed E-state index contributed by atoms with van der Waals surface area (Å²) in [5.41, 5.74) is -0.302. The molecule has 2 heterocycles. The lowest BCUT2D eigenvalue weighted by atomic mass is 10.0. The lowest BCUT2D eigenvalue weighted by Crippen LogP contribution is -2.43. The van der Waals surface area contributed by atoms with Gasteiger partial charge in [-0.05, 0) is 12.1 Å². The zero-order valence-corrected chi connectivity index (χ0v) is 16.6. The van der Waals surface area contributed by atoms with Gasteiger partial charge in [0.15, 0.2) is 0 Å². The van der Waals surface area contributed by atoms with Crippen LogP contribution in [0, 0.1) is 17.5 Å². The van der Waals surface area contributed by atoms with Gasteiger partial charge in [-0.3, -0.25) is 9.78 Å². The van der Waals surface area contributed by atoms with E-state index < -0.39 is 23.0 Å². The molecule has 1 amide bonds. The van der Waals surface area contributed by atoms with Gasteiger partial charge in [0.25, 0.3) is 5.91 Å². The number of hydrogen-bond acceptors (Lipinski definition) is 4. The van der Waals surface area contributed by atoms with Crippen LogP contribution in [0.1, 0.15) is 10.4 Å². The van der Waals surface area contributed by atoms with Crippen molar-refractivity contribution in [3.05, 3.63) is 64.6 Å². The van der Waals surface area contributed by atoms with Crippen molar-refractivity contribution in [1.29, 1.82) is 0 Å². The van der Waals surface area contributed by atoms with Crippen LogP contribution < -0.4 is 10.6 Å². The maximum Gasteiger partial charge on any atom is 0.251 e. The maximum absolute atomic E-state index is 14.4. The largest absolute Gasteiger partial charge is 0.378 e. The number of nitrogens with zero attached hydrogens (tertiary/aromatic N) is 1. The van der Waals surface area contributed by atoms with Gasteiger partial charge in [0.1, 0.15) is 17.5 Å². The minimum absolute atomic E-state index is 0.0728. The van der Waals surface area contributed by atoms with E-state index in [4.69, 9.17) is 16.3 Å². The van der Waals surface area contributed by atoms with Crippen LogP contribution in [0.2, 0.25) is 5.02 Å². The van der Waals surface area contributed by atoms with E-state index in [0.717, 1.165) is 0 Å². The Balaban J connectivity index is 1.79. The Bertz CT molecular complexity index is 1120. The maximum atomic E-state index is 14.4. The molecule has 0 bridgehead atoms. The Hall–Kier alpha value is -2.68. The number of benzene rings is 2. The standard InChI is InChI=1S/C21H17ClF3N3O2/c1-30-18-9-26-8-17(18)28-21(29)10-2-3-12-13(4-10)20(27-7-14(12)22)19-15(24)5-11(23)6-16(19)25/h2-7,17-18,26H,8-9H2,1H3,(H,28,29)/t17-,18-/m0/s1. The molecular weight excluding hydrogens is 419 g/mol. The van der Waals surface area contributed by atoms with E-state index in [1.807, 2.05) is 0 Å². The average molecular weight is 436 g/mol. The second-order valence-corrected chi connectivity index (χ2v) is 7.38. The second-order valence-electron chi connectivity index (χ2n) is 6.97. The molecule has 4 rings (SSSR count). The highest BCUT2D eigenvalue weighted by atomic mass is 35.5. The van der Waals surface area contributed by atoms with Gasteiger partial charge in [0, 0.05) is 54.9 Å². The zero-order chi connectivity index (χ0) is 21.4. The predicted molar refractivity (Wildman–Crippen MR) is 107 cm³/mol. The highest BCUT2D eigenvalue weighted by Crippen LogP contribution is 2.34.